The van der Waals surface area contributed by atoms with Gasteiger partial charge < -0.3 is 23.4 Å². The van der Waals surface area contributed by atoms with Gasteiger partial charge in [0.15, 0.2) is 8.32 Å². The van der Waals surface area contributed by atoms with Crippen LogP contribution in [-0.4, -0.2) is 94.9 Å². The summed E-state index contributed by atoms with van der Waals surface area (Å²) in [6, 6.07) is 10.6. The Labute approximate surface area is 374 Å². The van der Waals surface area contributed by atoms with Crippen molar-refractivity contribution < 1.29 is 108 Å². The molecule has 0 saturated heterocycles. The zero-order valence-electron chi connectivity index (χ0n) is 36.8. The summed E-state index contributed by atoms with van der Waals surface area (Å²) in [6.07, 6.45) is -10.8. The minimum atomic E-state index is -8.70. The normalized spacial score (nSPS) is 15.1. The maximum absolute atomic E-state index is 15.0. The van der Waals surface area contributed by atoms with Gasteiger partial charge in [0.2, 0.25) is 0 Å². The predicted octanol–water partition coefficient (Wildman–Crippen LogP) is 13.7. The maximum Gasteiger partial charge on any atom is 0.460 e. The zero-order chi connectivity index (χ0) is 52.0. The number of anilines is 1. The molecule has 0 heterocycles. The summed E-state index contributed by atoms with van der Waals surface area (Å²) < 4.78 is 263. The molecule has 1 amide bonds. The number of hydrogen-bond acceptors (Lipinski definition) is 7. The van der Waals surface area contributed by atoms with Gasteiger partial charge in [-0.2, -0.15) is 74.6 Å². The largest absolute Gasteiger partial charge is 0.497 e. The van der Waals surface area contributed by atoms with Crippen molar-refractivity contribution in [3.05, 3.63) is 65.7 Å². The number of benzene rings is 2. The Kier molecular flexibility index (Phi) is 18.8. The number of hydrogen-bond donors (Lipinski definition) is 1. The number of alkyl halides is 17. The topological polar surface area (TPSA) is 92.3 Å². The molecule has 2 atom stereocenters. The molecule has 0 aliphatic rings. The smallest absolute Gasteiger partial charge is 0.460 e. The van der Waals surface area contributed by atoms with Crippen LogP contribution in [0.15, 0.2) is 60.2 Å². The van der Waals surface area contributed by atoms with Gasteiger partial charge in [-0.05, 0) is 72.9 Å². The highest BCUT2D eigenvalue weighted by molar-refractivity contribution is 6.76. The van der Waals surface area contributed by atoms with Crippen molar-refractivity contribution in [3.63, 3.8) is 0 Å². The van der Waals surface area contributed by atoms with Crippen molar-refractivity contribution in [2.45, 2.75) is 126 Å². The van der Waals surface area contributed by atoms with E-state index in [1.807, 2.05) is 0 Å². The second-order valence-electron chi connectivity index (χ2n) is 15.8. The molecule has 8 nitrogen and oxygen atoms in total. The van der Waals surface area contributed by atoms with Crippen LogP contribution in [0.2, 0.25) is 17.1 Å². The van der Waals surface area contributed by atoms with Gasteiger partial charge in [-0.3, -0.25) is 5.32 Å². The summed E-state index contributed by atoms with van der Waals surface area (Å²) in [6.45, 7) is 9.09. The second kappa shape index (κ2) is 21.4. The van der Waals surface area contributed by atoms with E-state index in [1.54, 1.807) is 38.1 Å². The van der Waals surface area contributed by atoms with Gasteiger partial charge in [-0.25, -0.2) is 9.59 Å². The third-order valence-corrected chi connectivity index (χ3v) is 16.3. The van der Waals surface area contributed by atoms with Crippen LogP contribution in [0.25, 0.3) is 0 Å². The number of rotatable bonds is 24. The van der Waals surface area contributed by atoms with Crippen LogP contribution in [-0.2, 0) is 18.7 Å². The van der Waals surface area contributed by atoms with Crippen molar-refractivity contribution in [3.8, 4) is 11.5 Å². The van der Waals surface area contributed by atoms with E-state index in [4.69, 9.17) is 23.4 Å². The molecule has 382 valence electrons. The first-order valence-electron chi connectivity index (χ1n) is 19.9. The Morgan fingerprint density at radius 3 is 1.57 bits per heavy atom. The lowest BCUT2D eigenvalue weighted by atomic mass is 9.88. The molecule has 0 radical (unpaired) electrons. The number of carbonyl (C=O) groups is 2. The fourth-order valence-electron chi connectivity index (χ4n) is 6.71. The molecule has 0 bridgehead atoms. The molecule has 0 unspecified atom stereocenters. The molecule has 2 aromatic carbocycles. The summed E-state index contributed by atoms with van der Waals surface area (Å²) >= 11 is 0. The molecule has 0 aromatic heterocycles. The van der Waals surface area contributed by atoms with Crippen molar-refractivity contribution in [2.24, 2.45) is 5.92 Å². The highest BCUT2D eigenvalue weighted by Gasteiger charge is 2.95. The number of nitrogens with one attached hydrogen (secondary N) is 1. The van der Waals surface area contributed by atoms with Crippen molar-refractivity contribution >= 4 is 26.1 Å². The quantitative estimate of drug-likeness (QED) is 0.0368. The number of amides is 1. The van der Waals surface area contributed by atoms with E-state index in [0.717, 1.165) is 0 Å². The van der Waals surface area contributed by atoms with Crippen LogP contribution >= 0.6 is 0 Å². The summed E-state index contributed by atoms with van der Waals surface area (Å²) in [4.78, 5) is 25.3. The number of methoxy groups -OCH3 is 1. The standard InChI is InChI=1S/C41H48F17NO7Si/c1-9-63-32(60)26(7)22-25(6)31(66-33(61)59-28-12-16-29(62-8)17-13-28)27-10-14-30(15-11-27)64-19-20-65-67(23(2)3,24(4)5)21-18-34(42,43)35(44,45)36(46,47)37(48,49)38(50,51)39(52,53)40(54,55)41(56,57)58/h10-17,22-25,31H,9,18-21H2,1-8H3,(H,59,61)/b26-22+/t25-,31-/m1/s1. The number of ether oxygens (including phenoxy) is 4. The van der Waals surface area contributed by atoms with Crippen LogP contribution in [0.1, 0.15) is 66.6 Å². The third-order valence-electron chi connectivity index (χ3n) is 10.7. The highest BCUT2D eigenvalue weighted by atomic mass is 28.4. The minimum Gasteiger partial charge on any atom is -0.497 e. The monoisotopic (exact) mass is 1020 g/mol. The lowest BCUT2D eigenvalue weighted by Gasteiger charge is -2.44. The number of carbonyl (C=O) groups excluding carboxylic acids is 2. The summed E-state index contributed by atoms with van der Waals surface area (Å²) in [5.74, 6) is -57.5. The minimum absolute atomic E-state index is 0.0862. The first-order chi connectivity index (χ1) is 30.4. The Hall–Kier alpha value is -4.49. The first-order valence-corrected chi connectivity index (χ1v) is 22.2. The van der Waals surface area contributed by atoms with Crippen molar-refractivity contribution in [1.29, 1.82) is 0 Å². The zero-order valence-corrected chi connectivity index (χ0v) is 37.8. The first kappa shape index (κ1) is 58.6. The number of esters is 1. The number of halogens is 17. The van der Waals surface area contributed by atoms with Gasteiger partial charge in [-0.15, -0.1) is 0 Å². The fraction of sp³-hybridized carbons (Fsp3) is 0.610. The van der Waals surface area contributed by atoms with E-state index in [9.17, 15) is 75.4 Å². The van der Waals surface area contributed by atoms with Gasteiger partial charge in [0, 0.05) is 23.6 Å². The van der Waals surface area contributed by atoms with Gasteiger partial charge in [-0.1, -0.05) is 52.8 Å². The summed E-state index contributed by atoms with van der Waals surface area (Å²) in [5.41, 5.74) is -0.877. The molecule has 67 heavy (non-hydrogen) atoms. The van der Waals surface area contributed by atoms with Gasteiger partial charge in [0.1, 0.15) is 24.2 Å². The Bertz CT molecular complexity index is 1970. The van der Waals surface area contributed by atoms with E-state index < -0.39 is 117 Å². The SMILES string of the molecule is CCOC(=O)/C(C)=C/[C@@H](C)[C@@H](OC(=O)Nc1ccc(OC)cc1)c1ccc(OCCO[Si](CCC(F)(F)C(F)(F)C(F)(F)C(F)(F)C(F)(F)C(F)(F)C(F)(F)C(F)(F)F)(C(C)C)C(C)C)cc1. The average molecular weight is 1020 g/mol. The molecule has 0 aliphatic heterocycles. The molecule has 26 heteroatoms. The molecule has 2 rings (SSSR count). The predicted molar refractivity (Wildman–Crippen MR) is 209 cm³/mol. The van der Waals surface area contributed by atoms with E-state index in [1.165, 1.54) is 72.1 Å². The van der Waals surface area contributed by atoms with Gasteiger partial charge in [0.05, 0.1) is 20.3 Å². The molecular weight excluding hydrogens is 970 g/mol. The van der Waals surface area contributed by atoms with Gasteiger partial charge >= 0.3 is 59.7 Å². The van der Waals surface area contributed by atoms with Crippen molar-refractivity contribution in [2.75, 3.05) is 32.2 Å². The third kappa shape index (κ3) is 12.0. The van der Waals surface area contributed by atoms with Crippen LogP contribution in [0, 0.1) is 5.92 Å². The van der Waals surface area contributed by atoms with E-state index in [2.05, 4.69) is 5.32 Å². The van der Waals surface area contributed by atoms with E-state index in [0.29, 0.717) is 17.0 Å². The lowest BCUT2D eigenvalue weighted by Crippen LogP contribution is -2.74. The van der Waals surface area contributed by atoms with E-state index in [-0.39, 0.29) is 17.9 Å². The lowest BCUT2D eigenvalue weighted by molar-refractivity contribution is -0.461. The maximum atomic E-state index is 15.0. The fourth-order valence-corrected chi connectivity index (χ4v) is 11.2. The average Bonchev–Trinajstić information content (AvgIpc) is 3.22. The molecule has 1 N–H and O–H groups in total. The highest BCUT2D eigenvalue weighted by Crippen LogP contribution is 2.64. The molecule has 0 saturated carbocycles. The molecule has 2 aromatic rings. The Morgan fingerprint density at radius 1 is 0.657 bits per heavy atom. The molecule has 0 spiro atoms. The Balaban J connectivity index is 2.32. The second-order valence-corrected chi connectivity index (χ2v) is 20.8. The van der Waals surface area contributed by atoms with Crippen molar-refractivity contribution in [1.82, 2.24) is 0 Å². The van der Waals surface area contributed by atoms with Crippen LogP contribution < -0.4 is 14.8 Å². The summed E-state index contributed by atoms with van der Waals surface area (Å²) in [7, 11) is -2.58. The van der Waals surface area contributed by atoms with Crippen LogP contribution in [0.3, 0.4) is 0 Å². The van der Waals surface area contributed by atoms with E-state index >= 15 is 8.78 Å². The van der Waals surface area contributed by atoms with Gasteiger partial charge in [0.25, 0.3) is 0 Å². The molecule has 0 aliphatic carbocycles. The van der Waals surface area contributed by atoms with Crippen LogP contribution in [0.4, 0.5) is 85.1 Å². The molecular formula is C41H48F17NO7Si. The van der Waals surface area contributed by atoms with Crippen LogP contribution in [0.5, 0.6) is 11.5 Å². The molecule has 0 fully saturated rings. The Morgan fingerprint density at radius 2 is 1.12 bits per heavy atom. The summed E-state index contributed by atoms with van der Waals surface area (Å²) in [5, 5.41) is 2.56.